The van der Waals surface area contributed by atoms with Crippen LogP contribution in [0, 0.1) is 0 Å². The molecule has 0 spiro atoms. The predicted octanol–water partition coefficient (Wildman–Crippen LogP) is 1.35. The summed E-state index contributed by atoms with van der Waals surface area (Å²) in [7, 11) is 0. The smallest absolute Gasteiger partial charge is 0.252 e. The van der Waals surface area contributed by atoms with Crippen molar-refractivity contribution in [1.29, 1.82) is 0 Å². The Morgan fingerprint density at radius 3 is 2.88 bits per heavy atom. The van der Waals surface area contributed by atoms with Crippen LogP contribution in [-0.4, -0.2) is 16.8 Å². The minimum Gasteiger partial charge on any atom is -0.365 e. The Morgan fingerprint density at radius 1 is 1.50 bits per heavy atom. The molecule has 0 saturated carbocycles. The van der Waals surface area contributed by atoms with Gasteiger partial charge in [-0.3, -0.25) is 14.6 Å². The van der Waals surface area contributed by atoms with Crippen LogP contribution in [0.5, 0.6) is 0 Å². The van der Waals surface area contributed by atoms with E-state index in [1.165, 1.54) is 18.3 Å². The van der Waals surface area contributed by atoms with Gasteiger partial charge < -0.3 is 11.1 Å². The monoisotopic (exact) mass is 235 g/mol. The Bertz CT molecular complexity index is 576. The van der Waals surface area contributed by atoms with Crippen molar-refractivity contribution in [2.75, 3.05) is 5.32 Å². The van der Waals surface area contributed by atoms with E-state index in [4.69, 9.17) is 5.73 Å². The van der Waals surface area contributed by atoms with Crippen LogP contribution in [0.2, 0.25) is 0 Å². The number of fused-ring (bicyclic) bond motifs is 1. The van der Waals surface area contributed by atoms with Crippen LogP contribution in [-0.2, 0) is 4.79 Å². The normalized spacial score (nSPS) is 10.3. The zero-order chi connectivity index (χ0) is 11.7. The fraction of sp³-hybridized carbons (Fsp3) is 0.100. The highest BCUT2D eigenvalue weighted by molar-refractivity contribution is 7.23. The highest BCUT2D eigenvalue weighted by atomic mass is 32.1. The van der Waals surface area contributed by atoms with Gasteiger partial charge in [0.05, 0.1) is 10.3 Å². The molecule has 0 atom stereocenters. The molecule has 0 radical (unpaired) electrons. The van der Waals surface area contributed by atoms with Gasteiger partial charge in [-0.1, -0.05) is 0 Å². The number of rotatable bonds is 2. The maximum atomic E-state index is 11.3. The molecule has 0 aliphatic heterocycles. The third-order valence-electron chi connectivity index (χ3n) is 2.03. The number of nitrogens with two attached hydrogens (primary N) is 1. The van der Waals surface area contributed by atoms with Gasteiger partial charge >= 0.3 is 0 Å². The van der Waals surface area contributed by atoms with Crippen molar-refractivity contribution in [3.63, 3.8) is 0 Å². The van der Waals surface area contributed by atoms with Gasteiger partial charge in [-0.15, -0.1) is 11.3 Å². The number of hydrogen-bond acceptors (Lipinski definition) is 4. The van der Waals surface area contributed by atoms with Crippen LogP contribution in [0.4, 0.5) is 5.00 Å². The van der Waals surface area contributed by atoms with Crippen molar-refractivity contribution in [3.05, 3.63) is 24.0 Å². The van der Waals surface area contributed by atoms with Gasteiger partial charge in [0.1, 0.15) is 5.00 Å². The number of amides is 2. The zero-order valence-electron chi connectivity index (χ0n) is 8.48. The summed E-state index contributed by atoms with van der Waals surface area (Å²) >= 11 is 1.29. The van der Waals surface area contributed by atoms with Gasteiger partial charge in [0, 0.05) is 24.7 Å². The number of nitrogens with one attached hydrogen (secondary N) is 1. The second-order valence-electron chi connectivity index (χ2n) is 3.22. The fourth-order valence-corrected chi connectivity index (χ4v) is 2.56. The van der Waals surface area contributed by atoms with Crippen molar-refractivity contribution >= 4 is 38.2 Å². The predicted molar refractivity (Wildman–Crippen MR) is 62.4 cm³/mol. The molecule has 2 aromatic rings. The van der Waals surface area contributed by atoms with E-state index in [0.717, 1.165) is 10.1 Å². The second-order valence-corrected chi connectivity index (χ2v) is 4.28. The number of pyridine rings is 1. The molecule has 3 N–H and O–H groups in total. The number of primary amides is 1. The molecule has 0 aliphatic carbocycles. The lowest BCUT2D eigenvalue weighted by atomic mass is 10.2. The van der Waals surface area contributed by atoms with Gasteiger partial charge in [-0.2, -0.15) is 0 Å². The summed E-state index contributed by atoms with van der Waals surface area (Å²) in [5, 5.41) is 3.79. The summed E-state index contributed by atoms with van der Waals surface area (Å²) in [4.78, 5) is 26.3. The Morgan fingerprint density at radius 2 is 2.25 bits per heavy atom. The Hall–Kier alpha value is -1.95. The minimum absolute atomic E-state index is 0.234. The number of carbonyl (C=O) groups excluding carboxylic acids is 2. The van der Waals surface area contributed by atoms with E-state index < -0.39 is 5.91 Å². The maximum absolute atomic E-state index is 11.3. The first-order valence-electron chi connectivity index (χ1n) is 4.53. The van der Waals surface area contributed by atoms with Gasteiger partial charge in [-0.05, 0) is 6.07 Å². The van der Waals surface area contributed by atoms with Crippen molar-refractivity contribution in [2.45, 2.75) is 6.92 Å². The number of thiophene rings is 1. The van der Waals surface area contributed by atoms with Crippen LogP contribution in [0.15, 0.2) is 18.5 Å². The minimum atomic E-state index is -0.554. The first kappa shape index (κ1) is 10.6. The second kappa shape index (κ2) is 3.90. The summed E-state index contributed by atoms with van der Waals surface area (Å²) in [6.45, 7) is 1.38. The molecule has 2 amide bonds. The molecule has 6 heteroatoms. The van der Waals surface area contributed by atoms with E-state index in [2.05, 4.69) is 10.3 Å². The molecule has 16 heavy (non-hydrogen) atoms. The summed E-state index contributed by atoms with van der Waals surface area (Å²) in [5.41, 5.74) is 5.64. The number of anilines is 1. The molecule has 0 bridgehead atoms. The van der Waals surface area contributed by atoms with E-state index in [9.17, 15) is 9.59 Å². The standard InChI is InChI=1S/C10H9N3O2S/c1-5(14)13-10-8(9(11)15)6-2-3-12-4-7(6)16-10/h2-4H,1H3,(H2,11,15)(H,13,14). The van der Waals surface area contributed by atoms with E-state index in [-0.39, 0.29) is 5.91 Å². The zero-order valence-corrected chi connectivity index (χ0v) is 9.30. The van der Waals surface area contributed by atoms with E-state index in [0.29, 0.717) is 10.6 Å². The van der Waals surface area contributed by atoms with Gasteiger partial charge in [0.15, 0.2) is 0 Å². The van der Waals surface area contributed by atoms with Crippen LogP contribution in [0.1, 0.15) is 17.3 Å². The number of nitrogens with zero attached hydrogens (tertiary/aromatic N) is 1. The van der Waals surface area contributed by atoms with Crippen molar-refractivity contribution in [3.8, 4) is 0 Å². The third kappa shape index (κ3) is 1.74. The molecular formula is C10H9N3O2S. The van der Waals surface area contributed by atoms with Crippen LogP contribution < -0.4 is 11.1 Å². The molecular weight excluding hydrogens is 226 g/mol. The van der Waals surface area contributed by atoms with E-state index >= 15 is 0 Å². The Labute approximate surface area is 95.3 Å². The molecule has 0 fully saturated rings. The SMILES string of the molecule is CC(=O)Nc1sc2cnccc2c1C(N)=O. The highest BCUT2D eigenvalue weighted by Gasteiger charge is 2.17. The van der Waals surface area contributed by atoms with Crippen molar-refractivity contribution < 1.29 is 9.59 Å². The lowest BCUT2D eigenvalue weighted by molar-refractivity contribution is -0.114. The summed E-state index contributed by atoms with van der Waals surface area (Å²) < 4.78 is 0.819. The van der Waals surface area contributed by atoms with Crippen LogP contribution >= 0.6 is 11.3 Å². The fourth-order valence-electron chi connectivity index (χ4n) is 1.44. The molecule has 0 saturated heterocycles. The largest absolute Gasteiger partial charge is 0.365 e. The number of aromatic nitrogens is 1. The number of carbonyl (C=O) groups is 2. The Kier molecular flexibility index (Phi) is 2.57. The topological polar surface area (TPSA) is 85.1 Å². The van der Waals surface area contributed by atoms with Crippen LogP contribution in [0.25, 0.3) is 10.1 Å². The average molecular weight is 235 g/mol. The van der Waals surface area contributed by atoms with E-state index in [1.807, 2.05) is 0 Å². The summed E-state index contributed by atoms with van der Waals surface area (Å²) in [6.07, 6.45) is 3.22. The first-order valence-corrected chi connectivity index (χ1v) is 5.35. The van der Waals surface area contributed by atoms with Gasteiger partial charge in [-0.25, -0.2) is 0 Å². The lowest BCUT2D eigenvalue weighted by Gasteiger charge is -2.00. The van der Waals surface area contributed by atoms with Crippen molar-refractivity contribution in [2.24, 2.45) is 5.73 Å². The molecule has 0 aliphatic rings. The van der Waals surface area contributed by atoms with Crippen molar-refractivity contribution in [1.82, 2.24) is 4.98 Å². The molecule has 0 aromatic carbocycles. The lowest BCUT2D eigenvalue weighted by Crippen LogP contribution is -2.14. The van der Waals surface area contributed by atoms with Gasteiger partial charge in [0.25, 0.3) is 5.91 Å². The Balaban J connectivity index is 2.68. The highest BCUT2D eigenvalue weighted by Crippen LogP contribution is 2.34. The molecule has 5 nitrogen and oxygen atoms in total. The van der Waals surface area contributed by atoms with Gasteiger partial charge in [0.2, 0.25) is 5.91 Å². The maximum Gasteiger partial charge on any atom is 0.252 e. The summed E-state index contributed by atoms with van der Waals surface area (Å²) in [5.74, 6) is -0.789. The van der Waals surface area contributed by atoms with Crippen LogP contribution in [0.3, 0.4) is 0 Å². The summed E-state index contributed by atoms with van der Waals surface area (Å²) in [6, 6.07) is 1.71. The number of hydrogen-bond donors (Lipinski definition) is 2. The quantitative estimate of drug-likeness (QED) is 0.824. The molecule has 2 heterocycles. The molecule has 2 aromatic heterocycles. The van der Waals surface area contributed by atoms with E-state index in [1.54, 1.807) is 18.5 Å². The molecule has 0 unspecified atom stereocenters. The molecule has 2 rings (SSSR count). The first-order chi connectivity index (χ1) is 7.59. The molecule has 82 valence electrons. The third-order valence-corrected chi connectivity index (χ3v) is 3.08. The average Bonchev–Trinajstić information content (AvgIpc) is 2.53.